The summed E-state index contributed by atoms with van der Waals surface area (Å²) in [7, 11) is 0. The number of ether oxygens (including phenoxy) is 1. The second-order valence-electron chi connectivity index (χ2n) is 14.4. The van der Waals surface area contributed by atoms with Crippen LogP contribution in [-0.2, 0) is 24.6 Å². The maximum Gasteiger partial charge on any atom is 0.573 e. The normalized spacial score (nSPS) is 25.7. The van der Waals surface area contributed by atoms with Gasteiger partial charge in [0.2, 0.25) is 11.8 Å². The summed E-state index contributed by atoms with van der Waals surface area (Å²) in [6.45, 7) is 1.86. The Morgan fingerprint density at radius 1 is 0.857 bits per heavy atom. The predicted octanol–water partition coefficient (Wildman–Crippen LogP) is 6.19. The molecule has 286 valence electrons. The van der Waals surface area contributed by atoms with E-state index in [-0.39, 0.29) is 24.1 Å². The maximum atomic E-state index is 15.2. The smallest absolute Gasteiger partial charge is 0.508 e. The lowest BCUT2D eigenvalue weighted by Crippen LogP contribution is -2.53. The molecule has 4 N–H and O–H groups in total. The Labute approximate surface area is 316 Å². The van der Waals surface area contributed by atoms with E-state index in [1.807, 2.05) is 6.92 Å². The number of allylic oxidation sites excluding steroid dienone is 2. The van der Waals surface area contributed by atoms with Crippen molar-refractivity contribution < 1.29 is 57.2 Å². The van der Waals surface area contributed by atoms with E-state index in [2.05, 4.69) is 10.2 Å². The van der Waals surface area contributed by atoms with Gasteiger partial charge in [0.1, 0.15) is 22.8 Å². The van der Waals surface area contributed by atoms with E-state index in [0.29, 0.717) is 16.8 Å². The Morgan fingerprint density at radius 3 is 2.23 bits per heavy atom. The lowest BCUT2D eigenvalue weighted by molar-refractivity contribution is -0.274. The fraction of sp³-hybridized carbons (Fsp3) is 0.244. The lowest BCUT2D eigenvalue weighted by atomic mass is 9.49. The van der Waals surface area contributed by atoms with Crippen molar-refractivity contribution in [3.63, 3.8) is 0 Å². The summed E-state index contributed by atoms with van der Waals surface area (Å²) in [4.78, 5) is 71.0. The number of carboxylic acid groups (broad SMARTS) is 1. The molecule has 4 aromatic rings. The van der Waals surface area contributed by atoms with Crippen molar-refractivity contribution in [2.75, 3.05) is 10.3 Å². The first kappa shape index (κ1) is 36.3. The van der Waals surface area contributed by atoms with Crippen LogP contribution >= 0.6 is 0 Å². The van der Waals surface area contributed by atoms with E-state index < -0.39 is 93.8 Å². The molecule has 8 rings (SSSR count). The van der Waals surface area contributed by atoms with Gasteiger partial charge in [0.05, 0.1) is 34.5 Å². The molecule has 1 saturated carbocycles. The minimum Gasteiger partial charge on any atom is -0.508 e. The number of carbonyl (C=O) groups excluding carboxylic acids is 4. The van der Waals surface area contributed by atoms with Crippen LogP contribution < -0.4 is 15.1 Å². The third-order valence-corrected chi connectivity index (χ3v) is 11.4. The number of phenolic OH excluding ortho intramolecular Hbond substituents is 1. The largest absolute Gasteiger partial charge is 0.573 e. The number of hydrazine groups is 1. The molecule has 0 bridgehead atoms. The molecule has 2 heterocycles. The van der Waals surface area contributed by atoms with Gasteiger partial charge < -0.3 is 20.1 Å². The van der Waals surface area contributed by atoms with Crippen LogP contribution in [0.15, 0.2) is 103 Å². The number of amides is 4. The standard InChI is InChI=1S/C41H32F3N3O9/c1-20-7-9-22(10-8-20)45-47-36(51)30-19-28-25(14-15-27-33(28)37(52)46(35(27)50)23-11-13-26(38(53)54)32(49)17-23)34(40(30,39(47)55)21-5-3-2-4-6-21)29-18-24(12-16-31(29)48)56-41(42,43)44/h2-14,16-18,27-28,30,33-34,45,48-49H,15,19H2,1H3,(H,53,54)/t27-,28+,30-,33-,34+,40+/m0/s1. The van der Waals surface area contributed by atoms with E-state index in [0.717, 1.165) is 45.8 Å². The van der Waals surface area contributed by atoms with Gasteiger partial charge in [0.15, 0.2) is 0 Å². The van der Waals surface area contributed by atoms with Crippen LogP contribution in [0, 0.1) is 30.6 Å². The van der Waals surface area contributed by atoms with Crippen molar-refractivity contribution in [3.05, 3.63) is 125 Å². The highest BCUT2D eigenvalue weighted by Crippen LogP contribution is 2.65. The van der Waals surface area contributed by atoms with Gasteiger partial charge in [0.25, 0.3) is 11.8 Å². The molecule has 3 fully saturated rings. The van der Waals surface area contributed by atoms with Crippen molar-refractivity contribution in [1.29, 1.82) is 0 Å². The second-order valence-corrected chi connectivity index (χ2v) is 14.4. The molecule has 4 amide bonds. The van der Waals surface area contributed by atoms with Gasteiger partial charge in [0, 0.05) is 17.5 Å². The van der Waals surface area contributed by atoms with E-state index in [4.69, 9.17) is 0 Å². The Bertz CT molecular complexity index is 2370. The van der Waals surface area contributed by atoms with E-state index in [1.165, 1.54) is 6.07 Å². The fourth-order valence-corrected chi connectivity index (χ4v) is 9.15. The van der Waals surface area contributed by atoms with Crippen molar-refractivity contribution in [1.82, 2.24) is 5.01 Å². The molecule has 2 aliphatic heterocycles. The molecule has 6 atom stereocenters. The first-order valence-electron chi connectivity index (χ1n) is 17.6. The second kappa shape index (κ2) is 13.0. The molecular formula is C41H32F3N3O9. The molecule has 12 nitrogen and oxygen atoms in total. The average molecular weight is 768 g/mol. The van der Waals surface area contributed by atoms with E-state index >= 15 is 4.79 Å². The van der Waals surface area contributed by atoms with Gasteiger partial charge in [-0.05, 0) is 73.7 Å². The van der Waals surface area contributed by atoms with Crippen LogP contribution in [0.2, 0.25) is 0 Å². The van der Waals surface area contributed by atoms with Crippen LogP contribution in [0.1, 0.15) is 45.8 Å². The molecule has 15 heteroatoms. The van der Waals surface area contributed by atoms with Gasteiger partial charge in [-0.1, -0.05) is 59.7 Å². The number of imide groups is 2. The average Bonchev–Trinajstić information content (AvgIpc) is 3.53. The van der Waals surface area contributed by atoms with Gasteiger partial charge in [-0.25, -0.2) is 9.69 Å². The minimum atomic E-state index is -5.12. The Hall–Kier alpha value is -6.64. The number of fused-ring (bicyclic) bond motifs is 4. The van der Waals surface area contributed by atoms with Crippen LogP contribution in [0.5, 0.6) is 17.2 Å². The van der Waals surface area contributed by atoms with Crippen LogP contribution in [0.25, 0.3) is 0 Å². The van der Waals surface area contributed by atoms with Crippen LogP contribution in [0.4, 0.5) is 24.5 Å². The number of rotatable bonds is 7. The topological polar surface area (TPSA) is 174 Å². The maximum absolute atomic E-state index is 15.2. The number of phenols is 2. The lowest BCUT2D eigenvalue weighted by Gasteiger charge is -2.50. The zero-order valence-electron chi connectivity index (χ0n) is 29.4. The number of hydrogen-bond donors (Lipinski definition) is 4. The third kappa shape index (κ3) is 5.56. The summed E-state index contributed by atoms with van der Waals surface area (Å²) in [5.41, 5.74) is 2.31. The van der Waals surface area contributed by atoms with Crippen molar-refractivity contribution in [2.24, 2.45) is 23.7 Å². The SMILES string of the molecule is Cc1ccc(NN2C(=O)[C@@H]3C[C@@H]4C(=CC[C@@H]5C(=O)N(c6ccc(C(=O)O)c(O)c6)C(=O)[C@@H]54)[C@H](c4cc(OC(F)(F)F)ccc4O)[C@]3(c3ccccc3)C2=O)cc1. The number of nitrogens with zero attached hydrogens (tertiary/aromatic N) is 2. The van der Waals surface area contributed by atoms with Crippen LogP contribution in [0.3, 0.4) is 0 Å². The van der Waals surface area contributed by atoms with Crippen molar-refractivity contribution >= 4 is 41.0 Å². The molecule has 2 aliphatic carbocycles. The highest BCUT2D eigenvalue weighted by atomic mass is 19.4. The van der Waals surface area contributed by atoms with Crippen LogP contribution in [-0.4, -0.2) is 56.3 Å². The van der Waals surface area contributed by atoms with E-state index in [9.17, 15) is 47.7 Å². The molecule has 4 aromatic carbocycles. The number of aromatic hydroxyl groups is 2. The van der Waals surface area contributed by atoms with Crippen molar-refractivity contribution in [3.8, 4) is 17.2 Å². The zero-order valence-corrected chi connectivity index (χ0v) is 29.4. The highest BCUT2D eigenvalue weighted by molar-refractivity contribution is 6.23. The zero-order chi connectivity index (χ0) is 39.8. The molecule has 56 heavy (non-hydrogen) atoms. The monoisotopic (exact) mass is 767 g/mol. The van der Waals surface area contributed by atoms with E-state index in [1.54, 1.807) is 60.7 Å². The van der Waals surface area contributed by atoms with Gasteiger partial charge in [-0.2, -0.15) is 5.01 Å². The minimum absolute atomic E-state index is 0.0597. The number of carbonyl (C=O) groups is 5. The van der Waals surface area contributed by atoms with Gasteiger partial charge >= 0.3 is 12.3 Å². The Morgan fingerprint density at radius 2 is 1.57 bits per heavy atom. The number of carboxylic acids is 1. The molecule has 0 aromatic heterocycles. The number of anilines is 2. The summed E-state index contributed by atoms with van der Waals surface area (Å²) in [6.07, 6.45) is -3.67. The number of hydrogen-bond acceptors (Lipinski definition) is 9. The number of benzene rings is 4. The fourth-order valence-electron chi connectivity index (χ4n) is 9.15. The Kier molecular flexibility index (Phi) is 8.43. The Balaban J connectivity index is 1.32. The number of aromatic carboxylic acids is 1. The summed E-state index contributed by atoms with van der Waals surface area (Å²) in [5, 5.41) is 32.2. The first-order chi connectivity index (χ1) is 26.6. The molecular weight excluding hydrogens is 735 g/mol. The number of alkyl halides is 3. The summed E-state index contributed by atoms with van der Waals surface area (Å²) in [6, 6.07) is 21.3. The summed E-state index contributed by atoms with van der Waals surface area (Å²) < 4.78 is 45.1. The quantitative estimate of drug-likeness (QED) is 0.125. The summed E-state index contributed by atoms with van der Waals surface area (Å²) >= 11 is 0. The molecule has 0 unspecified atom stereocenters. The number of aryl methyl sites for hydroxylation is 1. The van der Waals surface area contributed by atoms with Gasteiger partial charge in [-0.3, -0.25) is 24.6 Å². The third-order valence-electron chi connectivity index (χ3n) is 11.4. The first-order valence-corrected chi connectivity index (χ1v) is 17.6. The molecule has 4 aliphatic rings. The number of nitrogens with one attached hydrogen (secondary N) is 1. The summed E-state index contributed by atoms with van der Waals surface area (Å²) in [5.74, 6) is -11.8. The molecule has 0 spiro atoms. The highest BCUT2D eigenvalue weighted by Gasteiger charge is 2.70. The van der Waals surface area contributed by atoms with Crippen molar-refractivity contribution in [2.45, 2.75) is 37.5 Å². The molecule has 0 radical (unpaired) electrons. The predicted molar refractivity (Wildman–Crippen MR) is 191 cm³/mol. The van der Waals surface area contributed by atoms with Gasteiger partial charge in [-0.15, -0.1) is 13.2 Å². The number of halogens is 3. The molecule has 2 saturated heterocycles.